The first kappa shape index (κ1) is 15.5. The van der Waals surface area contributed by atoms with E-state index >= 15 is 0 Å². The molecule has 1 fully saturated rings. The molecule has 0 bridgehead atoms. The van der Waals surface area contributed by atoms with Gasteiger partial charge in [0.25, 0.3) is 0 Å². The van der Waals surface area contributed by atoms with Crippen LogP contribution in [0.25, 0.3) is 0 Å². The third-order valence-corrected chi connectivity index (χ3v) is 4.70. The molecule has 1 aliphatic heterocycles. The number of benzene rings is 1. The Morgan fingerprint density at radius 3 is 2.71 bits per heavy atom. The molecule has 1 aromatic carbocycles. The molecular weight excluding hydrogens is 294 g/mol. The standard InChI is InChI=1S/C13H17N3O4S/c1-10-13(18)14-7-8-16(10)12(17)9-15-21(19,20)11-5-3-2-4-6-11/h2-6,10,15H,7-9H2,1H3,(H,14,18). The smallest absolute Gasteiger partial charge is 0.242 e. The predicted octanol–water partition coefficient (Wildman–Crippen LogP) is -0.688. The second-order valence-electron chi connectivity index (χ2n) is 4.69. The van der Waals surface area contributed by atoms with Gasteiger partial charge in [-0.3, -0.25) is 9.59 Å². The van der Waals surface area contributed by atoms with Gasteiger partial charge in [-0.2, -0.15) is 0 Å². The molecule has 0 aliphatic carbocycles. The normalized spacial score (nSPS) is 19.2. The summed E-state index contributed by atoms with van der Waals surface area (Å²) >= 11 is 0. The third kappa shape index (κ3) is 3.59. The molecule has 0 radical (unpaired) electrons. The highest BCUT2D eigenvalue weighted by atomic mass is 32.2. The van der Waals surface area contributed by atoms with Gasteiger partial charge in [0.1, 0.15) is 6.04 Å². The first-order chi connectivity index (χ1) is 9.92. The predicted molar refractivity (Wildman–Crippen MR) is 75.8 cm³/mol. The minimum absolute atomic E-state index is 0.0993. The summed E-state index contributed by atoms with van der Waals surface area (Å²) < 4.78 is 26.3. The molecule has 1 aromatic rings. The molecule has 7 nitrogen and oxygen atoms in total. The summed E-state index contributed by atoms with van der Waals surface area (Å²) in [5.74, 6) is -0.655. The molecule has 1 saturated heterocycles. The van der Waals surface area contributed by atoms with Crippen molar-refractivity contribution in [3.05, 3.63) is 30.3 Å². The van der Waals surface area contributed by atoms with E-state index in [1.807, 2.05) is 0 Å². The number of nitrogens with zero attached hydrogens (tertiary/aromatic N) is 1. The van der Waals surface area contributed by atoms with Crippen molar-refractivity contribution in [3.8, 4) is 0 Å². The molecule has 2 N–H and O–H groups in total. The molecule has 8 heteroatoms. The number of nitrogens with one attached hydrogen (secondary N) is 2. The lowest BCUT2D eigenvalue weighted by molar-refractivity contribution is -0.141. The van der Waals surface area contributed by atoms with Crippen molar-refractivity contribution in [1.29, 1.82) is 0 Å². The van der Waals surface area contributed by atoms with Crippen LogP contribution in [-0.4, -0.2) is 50.8 Å². The van der Waals surface area contributed by atoms with Gasteiger partial charge in [0.2, 0.25) is 21.8 Å². The number of hydrogen-bond acceptors (Lipinski definition) is 4. The van der Waals surface area contributed by atoms with Crippen molar-refractivity contribution in [2.24, 2.45) is 0 Å². The lowest BCUT2D eigenvalue weighted by Gasteiger charge is -2.32. The summed E-state index contributed by atoms with van der Waals surface area (Å²) in [6, 6.07) is 7.22. The van der Waals surface area contributed by atoms with Gasteiger partial charge in [0, 0.05) is 13.1 Å². The zero-order valence-electron chi connectivity index (χ0n) is 11.6. The summed E-state index contributed by atoms with van der Waals surface area (Å²) in [5.41, 5.74) is 0. The number of carbonyl (C=O) groups excluding carboxylic acids is 2. The summed E-state index contributed by atoms with van der Waals surface area (Å²) in [6.45, 7) is 1.99. The van der Waals surface area contributed by atoms with E-state index in [1.165, 1.54) is 17.0 Å². The van der Waals surface area contributed by atoms with E-state index in [-0.39, 0.29) is 17.3 Å². The topological polar surface area (TPSA) is 95.6 Å². The number of rotatable bonds is 4. The number of sulfonamides is 1. The Labute approximate surface area is 123 Å². The average Bonchev–Trinajstić information content (AvgIpc) is 2.49. The van der Waals surface area contributed by atoms with Crippen LogP contribution in [0.4, 0.5) is 0 Å². The highest BCUT2D eigenvalue weighted by Gasteiger charge is 2.29. The van der Waals surface area contributed by atoms with Gasteiger partial charge >= 0.3 is 0 Å². The zero-order chi connectivity index (χ0) is 15.5. The lowest BCUT2D eigenvalue weighted by Crippen LogP contribution is -2.57. The van der Waals surface area contributed by atoms with Gasteiger partial charge in [0.05, 0.1) is 11.4 Å². The van der Waals surface area contributed by atoms with Gasteiger partial charge in [-0.05, 0) is 19.1 Å². The van der Waals surface area contributed by atoms with Crippen LogP contribution in [-0.2, 0) is 19.6 Å². The maximum atomic E-state index is 12.1. The van der Waals surface area contributed by atoms with Crippen LogP contribution < -0.4 is 10.0 Å². The molecule has 1 atom stereocenters. The summed E-state index contributed by atoms with van der Waals surface area (Å²) in [4.78, 5) is 25.0. The number of piperazine rings is 1. The van der Waals surface area contributed by atoms with Gasteiger partial charge in [-0.15, -0.1) is 0 Å². The van der Waals surface area contributed by atoms with Crippen molar-refractivity contribution in [3.63, 3.8) is 0 Å². The second-order valence-corrected chi connectivity index (χ2v) is 6.46. The molecule has 1 heterocycles. The summed E-state index contributed by atoms with van der Waals surface area (Å²) in [7, 11) is -3.72. The fourth-order valence-electron chi connectivity index (χ4n) is 2.06. The molecule has 114 valence electrons. The first-order valence-corrected chi connectivity index (χ1v) is 8.02. The number of amides is 2. The molecule has 2 amide bonds. The molecule has 2 rings (SSSR count). The Balaban J connectivity index is 1.99. The van der Waals surface area contributed by atoms with Crippen LogP contribution in [0.15, 0.2) is 35.2 Å². The monoisotopic (exact) mass is 311 g/mol. The van der Waals surface area contributed by atoms with Gasteiger partial charge < -0.3 is 10.2 Å². The Hall–Kier alpha value is -1.93. The van der Waals surface area contributed by atoms with Crippen LogP contribution in [0, 0.1) is 0 Å². The van der Waals surface area contributed by atoms with Crippen molar-refractivity contribution in [2.45, 2.75) is 17.9 Å². The minimum atomic E-state index is -3.72. The highest BCUT2D eigenvalue weighted by molar-refractivity contribution is 7.89. The second kappa shape index (κ2) is 6.23. The Morgan fingerprint density at radius 2 is 2.05 bits per heavy atom. The van der Waals surface area contributed by atoms with Gasteiger partial charge in [0.15, 0.2) is 0 Å². The number of carbonyl (C=O) groups is 2. The largest absolute Gasteiger partial charge is 0.353 e. The third-order valence-electron chi connectivity index (χ3n) is 3.29. The Morgan fingerprint density at radius 1 is 1.38 bits per heavy atom. The highest BCUT2D eigenvalue weighted by Crippen LogP contribution is 2.08. The van der Waals surface area contributed by atoms with Crippen molar-refractivity contribution < 1.29 is 18.0 Å². The Kier molecular flexibility index (Phi) is 4.59. The molecule has 21 heavy (non-hydrogen) atoms. The van der Waals surface area contributed by atoms with E-state index in [2.05, 4.69) is 10.0 Å². The van der Waals surface area contributed by atoms with Crippen molar-refractivity contribution in [2.75, 3.05) is 19.6 Å². The van der Waals surface area contributed by atoms with Crippen LogP contribution in [0.1, 0.15) is 6.92 Å². The lowest BCUT2D eigenvalue weighted by atomic mass is 10.2. The van der Waals surface area contributed by atoms with Crippen LogP contribution in [0.2, 0.25) is 0 Å². The zero-order valence-corrected chi connectivity index (χ0v) is 12.4. The van der Waals surface area contributed by atoms with E-state index in [9.17, 15) is 18.0 Å². The van der Waals surface area contributed by atoms with Crippen molar-refractivity contribution in [1.82, 2.24) is 14.9 Å². The minimum Gasteiger partial charge on any atom is -0.353 e. The molecular formula is C13H17N3O4S. The van der Waals surface area contributed by atoms with E-state index in [1.54, 1.807) is 25.1 Å². The van der Waals surface area contributed by atoms with E-state index in [4.69, 9.17) is 0 Å². The van der Waals surface area contributed by atoms with Gasteiger partial charge in [-0.1, -0.05) is 18.2 Å². The SMILES string of the molecule is CC1C(=O)NCCN1C(=O)CNS(=O)(=O)c1ccccc1. The average molecular weight is 311 g/mol. The summed E-state index contributed by atoms with van der Waals surface area (Å²) in [5, 5.41) is 2.64. The van der Waals surface area contributed by atoms with E-state index in [0.29, 0.717) is 13.1 Å². The first-order valence-electron chi connectivity index (χ1n) is 6.54. The van der Waals surface area contributed by atoms with Crippen LogP contribution in [0.3, 0.4) is 0 Å². The maximum Gasteiger partial charge on any atom is 0.242 e. The Bertz CT molecular complexity index is 630. The fourth-order valence-corrected chi connectivity index (χ4v) is 3.06. The maximum absolute atomic E-state index is 12.1. The molecule has 0 aromatic heterocycles. The van der Waals surface area contributed by atoms with Crippen LogP contribution >= 0.6 is 0 Å². The van der Waals surface area contributed by atoms with Crippen molar-refractivity contribution >= 4 is 21.8 Å². The number of hydrogen-bond donors (Lipinski definition) is 2. The van der Waals surface area contributed by atoms with E-state index in [0.717, 1.165) is 0 Å². The quantitative estimate of drug-likeness (QED) is 0.769. The molecule has 0 saturated carbocycles. The molecule has 1 aliphatic rings. The van der Waals surface area contributed by atoms with Crippen LogP contribution in [0.5, 0.6) is 0 Å². The summed E-state index contributed by atoms with van der Waals surface area (Å²) in [6.07, 6.45) is 0. The molecule has 1 unspecified atom stereocenters. The molecule has 0 spiro atoms. The fraction of sp³-hybridized carbons (Fsp3) is 0.385. The van der Waals surface area contributed by atoms with E-state index < -0.39 is 22.0 Å². The van der Waals surface area contributed by atoms with Gasteiger partial charge in [-0.25, -0.2) is 13.1 Å².